The van der Waals surface area contributed by atoms with Crippen LogP contribution < -0.4 is 29.6 Å². The van der Waals surface area contributed by atoms with E-state index in [9.17, 15) is 0 Å². The summed E-state index contributed by atoms with van der Waals surface area (Å²) < 4.78 is 152. The summed E-state index contributed by atoms with van der Waals surface area (Å²) in [6.07, 6.45) is -24.2. The first-order valence-corrected chi connectivity index (χ1v) is 2.15. The molecule has 0 spiro atoms. The summed E-state index contributed by atoms with van der Waals surface area (Å²) in [5, 5.41) is 0. The molecule has 0 aromatic rings. The van der Waals surface area contributed by atoms with Gasteiger partial charge in [0.1, 0.15) is 0 Å². The van der Waals surface area contributed by atoms with Crippen LogP contribution in [0.4, 0.5) is 0 Å². The van der Waals surface area contributed by atoms with E-state index in [-0.39, 0.29) is 29.6 Å². The Morgan fingerprint density at radius 1 is 1.00 bits per heavy atom. The van der Waals surface area contributed by atoms with E-state index in [1.54, 1.807) is 0 Å². The molecule has 0 aromatic carbocycles. The molecule has 0 N–H and O–H groups in total. The van der Waals surface area contributed by atoms with Crippen molar-refractivity contribution in [2.45, 2.75) is 52.5 Å². The van der Waals surface area contributed by atoms with Gasteiger partial charge in [-0.15, -0.1) is 0 Å². The van der Waals surface area contributed by atoms with Crippen molar-refractivity contribution in [1.82, 2.24) is 0 Å². The number of rotatable bonds is 4. The molecular weight excluding hydrogens is 130 g/mol. The van der Waals surface area contributed by atoms with Gasteiger partial charge in [0, 0.05) is 16.4 Å². The quantitative estimate of drug-likeness (QED) is 0.539. The van der Waals surface area contributed by atoms with Crippen molar-refractivity contribution in [3.05, 3.63) is 0 Å². The van der Waals surface area contributed by atoms with Gasteiger partial charge in [-0.05, 0) is 17.1 Å². The van der Waals surface area contributed by atoms with Gasteiger partial charge in [-0.2, -0.15) is 25.1 Å². The van der Waals surface area contributed by atoms with Crippen molar-refractivity contribution in [2.24, 2.45) is 0 Å². The summed E-state index contributed by atoms with van der Waals surface area (Å²) in [6.45, 7) is -16.8. The van der Waals surface area contributed by atoms with Gasteiger partial charge in [-0.1, -0.05) is 27.4 Å². The maximum atomic E-state index is 7.95. The topological polar surface area (TPSA) is 0 Å². The normalized spacial score (nSPS) is 51.2. The average molecular weight is 170 g/mol. The molecule has 56 valence electrons. The van der Waals surface area contributed by atoms with Gasteiger partial charge in [0.15, 0.2) is 0 Å². The van der Waals surface area contributed by atoms with Gasteiger partial charge in [0.25, 0.3) is 0 Å². The minimum Gasteiger partial charge on any atom is -0.181 e. The van der Waals surface area contributed by atoms with E-state index in [2.05, 4.69) is 0 Å². The van der Waals surface area contributed by atoms with Crippen molar-refractivity contribution in [3.63, 3.8) is 0 Å². The predicted octanol–water partition coefficient (Wildman–Crippen LogP) is 0.519. The zero-order chi connectivity index (χ0) is 24.5. The van der Waals surface area contributed by atoms with Crippen LogP contribution in [-0.4, -0.2) is 6.15 Å². The Labute approximate surface area is 116 Å². The van der Waals surface area contributed by atoms with Gasteiger partial charge >= 0.3 is 29.6 Å². The van der Waals surface area contributed by atoms with Crippen LogP contribution in [0.15, 0.2) is 0 Å². The second-order valence-electron chi connectivity index (χ2n) is 1.44. The maximum absolute atomic E-state index is 7.95. The van der Waals surface area contributed by atoms with Gasteiger partial charge in [-0.3, -0.25) is 0 Å². The Morgan fingerprint density at radius 3 is 1.50 bits per heavy atom. The van der Waals surface area contributed by atoms with Crippen LogP contribution in [0.3, 0.4) is 0 Å². The van der Waals surface area contributed by atoms with E-state index >= 15 is 0 Å². The zero-order valence-electron chi connectivity index (χ0n) is 25.6. The van der Waals surface area contributed by atoms with Crippen molar-refractivity contribution in [1.29, 1.82) is 0 Å². The van der Waals surface area contributed by atoms with Gasteiger partial charge in [0.2, 0.25) is 0 Å². The third-order valence-corrected chi connectivity index (χ3v) is 0.866. The summed E-state index contributed by atoms with van der Waals surface area (Å²) in [4.78, 5) is 0. The molecule has 0 amide bonds. The molecule has 0 aliphatic rings. The van der Waals surface area contributed by atoms with Crippen LogP contribution in [0.2, 0.25) is 25.1 Å². The Hall–Kier alpha value is 1.06. The second-order valence-corrected chi connectivity index (χ2v) is 1.44. The number of hydrogen-bond donors (Lipinski definition) is 0. The fourth-order valence-electron chi connectivity index (χ4n) is 0.217. The van der Waals surface area contributed by atoms with E-state index in [4.69, 9.17) is 27.4 Å². The molecular formula is C8H20BNa. The van der Waals surface area contributed by atoms with Crippen molar-refractivity contribution in [3.8, 4) is 0 Å². The van der Waals surface area contributed by atoms with Crippen LogP contribution in [-0.2, 0) is 0 Å². The van der Waals surface area contributed by atoms with Crippen molar-refractivity contribution < 1.29 is 57.0 Å². The van der Waals surface area contributed by atoms with Gasteiger partial charge in [0.05, 0.1) is 0 Å². The van der Waals surface area contributed by atoms with E-state index in [0.717, 1.165) is 0 Å². The third-order valence-electron chi connectivity index (χ3n) is 0.866. The largest absolute Gasteiger partial charge is 1.00 e. The average Bonchev–Trinajstić information content (AvgIpc) is 2.31. The summed E-state index contributed by atoms with van der Waals surface area (Å²) in [5.74, 6) is 0. The molecule has 0 nitrogen and oxygen atoms in total. The molecule has 0 heterocycles. The predicted molar refractivity (Wildman–Crippen MR) is 47.7 cm³/mol. The first kappa shape index (κ1) is 1.33. The van der Waals surface area contributed by atoms with Gasteiger partial charge < -0.3 is 0 Å². The minimum absolute atomic E-state index is 0. The van der Waals surface area contributed by atoms with Crippen molar-refractivity contribution in [2.75, 3.05) is 0 Å². The second kappa shape index (κ2) is 6.76. The Balaban J connectivity index is 0. The van der Waals surface area contributed by atoms with Crippen LogP contribution in [0.5, 0.6) is 0 Å². The molecule has 0 saturated carbocycles. The molecule has 0 rings (SSSR count). The molecule has 0 fully saturated rings. The van der Waals surface area contributed by atoms with Crippen LogP contribution in [0.1, 0.15) is 54.8 Å². The van der Waals surface area contributed by atoms with E-state index in [1.165, 1.54) is 0 Å². The fourth-order valence-corrected chi connectivity index (χ4v) is 0.217. The third kappa shape index (κ3) is 3.45. The minimum atomic E-state index is -5.92. The Kier molecular flexibility index (Phi) is 0.896. The van der Waals surface area contributed by atoms with E-state index in [1.807, 2.05) is 0 Å². The van der Waals surface area contributed by atoms with E-state index < -0.39 is 58.6 Å². The molecule has 0 radical (unpaired) electrons. The number of hydrogen-bond acceptors (Lipinski definition) is 0. The summed E-state index contributed by atoms with van der Waals surface area (Å²) in [5.41, 5.74) is 0. The van der Waals surface area contributed by atoms with Crippen LogP contribution in [0, 0.1) is 0 Å². The molecule has 10 heavy (non-hydrogen) atoms. The van der Waals surface area contributed by atoms with Crippen molar-refractivity contribution >= 4 is 6.15 Å². The zero-order valence-corrected chi connectivity index (χ0v) is 7.58. The summed E-state index contributed by atoms with van der Waals surface area (Å²) in [7, 11) is 0. The van der Waals surface area contributed by atoms with E-state index in [0.29, 0.717) is 0 Å². The summed E-state index contributed by atoms with van der Waals surface area (Å²) >= 11 is 0. The molecule has 0 saturated heterocycles. The standard InChI is InChI=1S/C8H20B.Na/c1-5-9(6-2,7-3)8-4;/h5-8H2,1-4H3;/q-1;+1/i1D3,2D3,3D3,4D3,5D2,6D2,7D2,8D2;. The molecule has 0 aliphatic heterocycles. The fraction of sp³-hybridized carbons (Fsp3) is 1.00. The molecule has 0 unspecified atom stereocenters. The molecule has 0 bridgehead atoms. The van der Waals surface area contributed by atoms with Crippen LogP contribution >= 0.6 is 0 Å². The first-order valence-electron chi connectivity index (χ1n) is 12.2. The SMILES string of the molecule is [2H]C([2H])([2H])C([2H])([2H])[B-](C([2H])([2H])C([2H])([2H])[2H])(C([2H])([2H])C([2H])([2H])[2H])C([2H])([2H])C([2H])([2H])[2H].[Na+]. The smallest absolute Gasteiger partial charge is 0.181 e. The summed E-state index contributed by atoms with van der Waals surface area (Å²) in [6, 6.07) is 0. The Morgan fingerprint density at radius 2 is 1.30 bits per heavy atom. The molecule has 0 atom stereocenters. The first-order chi connectivity index (χ1) is 12.0. The monoisotopic (exact) mass is 170 g/mol. The van der Waals surface area contributed by atoms with Crippen LogP contribution in [0.25, 0.3) is 0 Å². The molecule has 2 heteroatoms. The molecule has 0 aliphatic carbocycles. The Bertz CT molecular complexity index is 493. The maximum Gasteiger partial charge on any atom is 1.00 e. The van der Waals surface area contributed by atoms with Gasteiger partial charge in [-0.25, -0.2) is 0 Å². The molecule has 0 aromatic heterocycles.